The van der Waals surface area contributed by atoms with E-state index >= 15 is 0 Å². The Balaban J connectivity index is 2.17. The lowest BCUT2D eigenvalue weighted by Crippen LogP contribution is -2.13. The summed E-state index contributed by atoms with van der Waals surface area (Å²) in [6.07, 6.45) is 0.927. The third-order valence-corrected chi connectivity index (χ3v) is 3.17. The molecule has 0 radical (unpaired) electrons. The average Bonchev–Trinajstić information content (AvgIpc) is 2.53. The summed E-state index contributed by atoms with van der Waals surface area (Å²) in [5, 5.41) is 2.88. The Bertz CT molecular complexity index is 653. The molecular formula is C18H21NO3. The maximum absolute atomic E-state index is 12.4. The monoisotopic (exact) mass is 299 g/mol. The second kappa shape index (κ2) is 7.50. The maximum Gasteiger partial charge on any atom is 0.255 e. The van der Waals surface area contributed by atoms with Crippen molar-refractivity contribution in [2.24, 2.45) is 0 Å². The van der Waals surface area contributed by atoms with Crippen LogP contribution in [-0.2, 0) is 0 Å². The summed E-state index contributed by atoms with van der Waals surface area (Å²) in [5.41, 5.74) is 2.26. The molecule has 4 heteroatoms. The third-order valence-electron chi connectivity index (χ3n) is 3.17. The van der Waals surface area contributed by atoms with Crippen molar-refractivity contribution < 1.29 is 14.3 Å². The van der Waals surface area contributed by atoms with Crippen LogP contribution in [0.5, 0.6) is 11.5 Å². The van der Waals surface area contributed by atoms with Gasteiger partial charge in [-0.25, -0.2) is 0 Å². The SMILES string of the molecule is CCCOc1cccc(C(=O)Nc2cc(C)ccc2OC)c1. The number of anilines is 1. The quantitative estimate of drug-likeness (QED) is 0.875. The third kappa shape index (κ3) is 4.01. The van der Waals surface area contributed by atoms with Gasteiger partial charge in [0.1, 0.15) is 11.5 Å². The van der Waals surface area contributed by atoms with Crippen LogP contribution >= 0.6 is 0 Å². The van der Waals surface area contributed by atoms with Gasteiger partial charge in [0.2, 0.25) is 0 Å². The molecule has 2 rings (SSSR count). The Hall–Kier alpha value is -2.49. The zero-order chi connectivity index (χ0) is 15.9. The number of ether oxygens (including phenoxy) is 2. The van der Waals surface area contributed by atoms with Gasteiger partial charge in [-0.15, -0.1) is 0 Å². The van der Waals surface area contributed by atoms with Crippen molar-refractivity contribution in [3.8, 4) is 11.5 Å². The molecule has 2 aromatic rings. The minimum atomic E-state index is -0.189. The van der Waals surface area contributed by atoms with Crippen LogP contribution in [0.4, 0.5) is 5.69 Å². The maximum atomic E-state index is 12.4. The summed E-state index contributed by atoms with van der Waals surface area (Å²) in [7, 11) is 1.58. The van der Waals surface area contributed by atoms with Gasteiger partial charge < -0.3 is 14.8 Å². The second-order valence-electron chi connectivity index (χ2n) is 5.03. The van der Waals surface area contributed by atoms with Crippen LogP contribution in [0, 0.1) is 6.92 Å². The van der Waals surface area contributed by atoms with Gasteiger partial charge >= 0.3 is 0 Å². The smallest absolute Gasteiger partial charge is 0.255 e. The first-order chi connectivity index (χ1) is 10.6. The molecule has 4 nitrogen and oxygen atoms in total. The highest BCUT2D eigenvalue weighted by atomic mass is 16.5. The Morgan fingerprint density at radius 1 is 1.18 bits per heavy atom. The van der Waals surface area contributed by atoms with Crippen LogP contribution < -0.4 is 14.8 Å². The van der Waals surface area contributed by atoms with Crippen LogP contribution in [0.2, 0.25) is 0 Å². The Morgan fingerprint density at radius 2 is 2.00 bits per heavy atom. The number of hydrogen-bond donors (Lipinski definition) is 1. The van der Waals surface area contributed by atoms with E-state index in [0.717, 1.165) is 12.0 Å². The van der Waals surface area contributed by atoms with E-state index < -0.39 is 0 Å². The van der Waals surface area contributed by atoms with E-state index in [1.807, 2.05) is 44.2 Å². The minimum absolute atomic E-state index is 0.189. The van der Waals surface area contributed by atoms with Crippen molar-refractivity contribution in [1.82, 2.24) is 0 Å². The summed E-state index contributed by atoms with van der Waals surface area (Å²) in [5.74, 6) is 1.15. The number of rotatable bonds is 6. The van der Waals surface area contributed by atoms with Crippen LogP contribution in [0.3, 0.4) is 0 Å². The highest BCUT2D eigenvalue weighted by Crippen LogP contribution is 2.26. The van der Waals surface area contributed by atoms with E-state index in [1.165, 1.54) is 0 Å². The fourth-order valence-corrected chi connectivity index (χ4v) is 2.06. The summed E-state index contributed by atoms with van der Waals surface area (Å²) in [6, 6.07) is 12.8. The van der Waals surface area contributed by atoms with Crippen molar-refractivity contribution in [2.75, 3.05) is 19.0 Å². The van der Waals surface area contributed by atoms with Crippen molar-refractivity contribution in [3.05, 3.63) is 53.6 Å². The fourth-order valence-electron chi connectivity index (χ4n) is 2.06. The van der Waals surface area contributed by atoms with Gasteiger partial charge in [0.15, 0.2) is 0 Å². The fraction of sp³-hybridized carbons (Fsp3) is 0.278. The molecule has 0 atom stereocenters. The number of amides is 1. The first-order valence-corrected chi connectivity index (χ1v) is 7.33. The Morgan fingerprint density at radius 3 is 2.73 bits per heavy atom. The zero-order valence-electron chi connectivity index (χ0n) is 13.2. The van der Waals surface area contributed by atoms with Gasteiger partial charge in [0.25, 0.3) is 5.91 Å². The minimum Gasteiger partial charge on any atom is -0.495 e. The molecule has 2 aromatic carbocycles. The lowest BCUT2D eigenvalue weighted by Gasteiger charge is -2.12. The molecule has 0 fully saturated rings. The zero-order valence-corrected chi connectivity index (χ0v) is 13.2. The van der Waals surface area contributed by atoms with Crippen LogP contribution in [-0.4, -0.2) is 19.6 Å². The van der Waals surface area contributed by atoms with Gasteiger partial charge in [-0.3, -0.25) is 4.79 Å². The van der Waals surface area contributed by atoms with Crippen LogP contribution in [0.15, 0.2) is 42.5 Å². The molecule has 22 heavy (non-hydrogen) atoms. The molecule has 0 aliphatic rings. The molecular weight excluding hydrogens is 278 g/mol. The number of hydrogen-bond acceptors (Lipinski definition) is 3. The average molecular weight is 299 g/mol. The molecule has 0 spiro atoms. The lowest BCUT2D eigenvalue weighted by atomic mass is 10.1. The van der Waals surface area contributed by atoms with Gasteiger partial charge in [-0.05, 0) is 49.2 Å². The summed E-state index contributed by atoms with van der Waals surface area (Å²) in [4.78, 5) is 12.4. The van der Waals surface area contributed by atoms with E-state index in [2.05, 4.69) is 5.32 Å². The molecule has 0 bridgehead atoms. The van der Waals surface area contributed by atoms with Gasteiger partial charge in [-0.1, -0.05) is 19.1 Å². The molecule has 116 valence electrons. The number of methoxy groups -OCH3 is 1. The molecule has 0 saturated carbocycles. The normalized spacial score (nSPS) is 10.1. The van der Waals surface area contributed by atoms with E-state index in [0.29, 0.717) is 29.4 Å². The number of aryl methyl sites for hydroxylation is 1. The molecule has 0 aliphatic carbocycles. The molecule has 0 aromatic heterocycles. The summed E-state index contributed by atoms with van der Waals surface area (Å²) >= 11 is 0. The van der Waals surface area contributed by atoms with Gasteiger partial charge in [0.05, 0.1) is 19.4 Å². The first kappa shape index (κ1) is 15.9. The topological polar surface area (TPSA) is 47.6 Å². The largest absolute Gasteiger partial charge is 0.495 e. The second-order valence-corrected chi connectivity index (χ2v) is 5.03. The number of carbonyl (C=O) groups is 1. The number of benzene rings is 2. The molecule has 0 aliphatic heterocycles. The first-order valence-electron chi connectivity index (χ1n) is 7.33. The van der Waals surface area contributed by atoms with Crippen molar-refractivity contribution in [1.29, 1.82) is 0 Å². The molecule has 1 N–H and O–H groups in total. The van der Waals surface area contributed by atoms with E-state index in [-0.39, 0.29) is 5.91 Å². The summed E-state index contributed by atoms with van der Waals surface area (Å²) < 4.78 is 10.8. The van der Waals surface area contributed by atoms with E-state index in [9.17, 15) is 4.79 Å². The van der Waals surface area contributed by atoms with Crippen molar-refractivity contribution in [3.63, 3.8) is 0 Å². The predicted molar refractivity (Wildman–Crippen MR) is 87.9 cm³/mol. The highest BCUT2D eigenvalue weighted by Gasteiger charge is 2.10. The number of carbonyl (C=O) groups excluding carboxylic acids is 1. The van der Waals surface area contributed by atoms with Crippen LogP contribution in [0.25, 0.3) is 0 Å². The van der Waals surface area contributed by atoms with Crippen molar-refractivity contribution >= 4 is 11.6 Å². The van der Waals surface area contributed by atoms with Crippen molar-refractivity contribution in [2.45, 2.75) is 20.3 Å². The lowest BCUT2D eigenvalue weighted by molar-refractivity contribution is 0.102. The summed E-state index contributed by atoms with van der Waals surface area (Å²) in [6.45, 7) is 4.64. The number of nitrogens with one attached hydrogen (secondary N) is 1. The van der Waals surface area contributed by atoms with Gasteiger partial charge in [-0.2, -0.15) is 0 Å². The van der Waals surface area contributed by atoms with E-state index in [1.54, 1.807) is 19.2 Å². The molecule has 0 unspecified atom stereocenters. The standard InChI is InChI=1S/C18H21NO3/c1-4-10-22-15-7-5-6-14(12-15)18(20)19-16-11-13(2)8-9-17(16)21-3/h5-9,11-12H,4,10H2,1-3H3,(H,19,20). The Labute approximate surface area is 131 Å². The molecule has 1 amide bonds. The van der Waals surface area contributed by atoms with Gasteiger partial charge in [0, 0.05) is 5.56 Å². The molecule has 0 saturated heterocycles. The molecule has 0 heterocycles. The highest BCUT2D eigenvalue weighted by molar-refractivity contribution is 6.05. The Kier molecular flexibility index (Phi) is 5.42. The predicted octanol–water partition coefficient (Wildman–Crippen LogP) is 4.04. The van der Waals surface area contributed by atoms with E-state index in [4.69, 9.17) is 9.47 Å². The van der Waals surface area contributed by atoms with Crippen LogP contribution in [0.1, 0.15) is 29.3 Å².